The Morgan fingerprint density at radius 3 is 3.07 bits per heavy atom. The minimum absolute atomic E-state index is 0.821. The summed E-state index contributed by atoms with van der Waals surface area (Å²) in [5.74, 6) is 1.67. The van der Waals surface area contributed by atoms with Crippen LogP contribution in [0.25, 0.3) is 0 Å². The van der Waals surface area contributed by atoms with Crippen molar-refractivity contribution < 1.29 is 0 Å². The van der Waals surface area contributed by atoms with E-state index in [1.165, 1.54) is 31.5 Å². The fourth-order valence-corrected chi connectivity index (χ4v) is 3.62. The Kier molecular flexibility index (Phi) is 3.24. The zero-order chi connectivity index (χ0) is 9.97. The van der Waals surface area contributed by atoms with E-state index in [1.54, 1.807) is 4.88 Å². The first-order valence-corrected chi connectivity index (χ1v) is 6.45. The van der Waals surface area contributed by atoms with Crippen LogP contribution >= 0.6 is 11.3 Å². The third-order valence-electron chi connectivity index (χ3n) is 3.37. The SMILES string of the molecule is CCC1CNCCC1c1sccc1C. The zero-order valence-corrected chi connectivity index (χ0v) is 9.86. The lowest BCUT2D eigenvalue weighted by molar-refractivity contribution is 0.320. The molecule has 2 unspecified atom stereocenters. The molecule has 1 aromatic heterocycles. The van der Waals surface area contributed by atoms with Crippen molar-refractivity contribution in [3.8, 4) is 0 Å². The van der Waals surface area contributed by atoms with Crippen molar-refractivity contribution in [1.82, 2.24) is 5.32 Å². The zero-order valence-electron chi connectivity index (χ0n) is 9.05. The molecule has 1 N–H and O–H groups in total. The summed E-state index contributed by atoms with van der Waals surface area (Å²) in [5, 5.41) is 5.74. The van der Waals surface area contributed by atoms with E-state index in [0.29, 0.717) is 0 Å². The monoisotopic (exact) mass is 209 g/mol. The molecule has 0 amide bonds. The van der Waals surface area contributed by atoms with E-state index in [-0.39, 0.29) is 0 Å². The summed E-state index contributed by atoms with van der Waals surface area (Å²) in [6.07, 6.45) is 2.62. The highest BCUT2D eigenvalue weighted by Gasteiger charge is 2.26. The van der Waals surface area contributed by atoms with E-state index in [9.17, 15) is 0 Å². The van der Waals surface area contributed by atoms with Crippen LogP contribution in [-0.4, -0.2) is 13.1 Å². The molecule has 0 aromatic carbocycles. The smallest absolute Gasteiger partial charge is 0.0109 e. The second kappa shape index (κ2) is 4.45. The predicted octanol–water partition coefficient (Wildman–Crippen LogP) is 3.16. The van der Waals surface area contributed by atoms with Gasteiger partial charge in [0.1, 0.15) is 0 Å². The number of thiophene rings is 1. The van der Waals surface area contributed by atoms with Gasteiger partial charge in [-0.25, -0.2) is 0 Å². The van der Waals surface area contributed by atoms with Gasteiger partial charge < -0.3 is 5.32 Å². The van der Waals surface area contributed by atoms with Gasteiger partial charge in [0.25, 0.3) is 0 Å². The standard InChI is InChI=1S/C12H19NS/c1-3-10-8-13-6-4-11(10)12-9(2)5-7-14-12/h5,7,10-11,13H,3-4,6,8H2,1-2H3. The molecule has 1 aromatic rings. The van der Waals surface area contributed by atoms with Crippen LogP contribution in [0.3, 0.4) is 0 Å². The highest BCUT2D eigenvalue weighted by Crippen LogP contribution is 2.36. The van der Waals surface area contributed by atoms with Gasteiger partial charge in [-0.05, 0) is 55.3 Å². The lowest BCUT2D eigenvalue weighted by Gasteiger charge is -2.31. The molecule has 1 aliphatic rings. The van der Waals surface area contributed by atoms with Gasteiger partial charge in [-0.15, -0.1) is 11.3 Å². The Morgan fingerprint density at radius 2 is 2.43 bits per heavy atom. The second-order valence-corrected chi connectivity index (χ2v) is 5.18. The van der Waals surface area contributed by atoms with Crippen LogP contribution in [0.2, 0.25) is 0 Å². The van der Waals surface area contributed by atoms with Crippen molar-refractivity contribution in [3.05, 3.63) is 21.9 Å². The number of piperidine rings is 1. The molecule has 0 radical (unpaired) electrons. The molecule has 1 fully saturated rings. The van der Waals surface area contributed by atoms with E-state index < -0.39 is 0 Å². The molecule has 2 atom stereocenters. The van der Waals surface area contributed by atoms with Crippen molar-refractivity contribution >= 4 is 11.3 Å². The molecule has 1 aliphatic heterocycles. The van der Waals surface area contributed by atoms with E-state index in [4.69, 9.17) is 0 Å². The molecule has 78 valence electrons. The fourth-order valence-electron chi connectivity index (χ4n) is 2.46. The lowest BCUT2D eigenvalue weighted by Crippen LogP contribution is -2.34. The maximum absolute atomic E-state index is 3.50. The Labute approximate surface area is 90.5 Å². The molecule has 0 saturated carbocycles. The van der Waals surface area contributed by atoms with Gasteiger partial charge in [0.2, 0.25) is 0 Å². The molecular formula is C12H19NS. The quantitative estimate of drug-likeness (QED) is 0.789. The Hall–Kier alpha value is -0.340. The van der Waals surface area contributed by atoms with E-state index in [2.05, 4.69) is 30.6 Å². The largest absolute Gasteiger partial charge is 0.316 e. The van der Waals surface area contributed by atoms with Crippen LogP contribution in [0, 0.1) is 12.8 Å². The Morgan fingerprint density at radius 1 is 1.57 bits per heavy atom. The molecule has 1 nitrogen and oxygen atoms in total. The van der Waals surface area contributed by atoms with Crippen molar-refractivity contribution in [1.29, 1.82) is 0 Å². The van der Waals surface area contributed by atoms with Crippen LogP contribution in [0.15, 0.2) is 11.4 Å². The average Bonchev–Trinajstić information content (AvgIpc) is 2.64. The first-order valence-electron chi connectivity index (χ1n) is 5.57. The first kappa shape index (κ1) is 10.2. The number of nitrogens with one attached hydrogen (secondary N) is 1. The Bertz CT molecular complexity index is 292. The molecule has 0 spiro atoms. The molecule has 2 heterocycles. The summed E-state index contributed by atoms with van der Waals surface area (Å²) in [4.78, 5) is 1.64. The van der Waals surface area contributed by atoms with Gasteiger partial charge in [0, 0.05) is 4.88 Å². The van der Waals surface area contributed by atoms with Gasteiger partial charge in [0.05, 0.1) is 0 Å². The topological polar surface area (TPSA) is 12.0 Å². The average molecular weight is 209 g/mol. The van der Waals surface area contributed by atoms with Gasteiger partial charge in [0.15, 0.2) is 0 Å². The number of aryl methyl sites for hydroxylation is 1. The highest BCUT2D eigenvalue weighted by atomic mass is 32.1. The van der Waals surface area contributed by atoms with E-state index >= 15 is 0 Å². The summed E-state index contributed by atoms with van der Waals surface area (Å²) >= 11 is 1.95. The summed E-state index contributed by atoms with van der Waals surface area (Å²) in [6, 6.07) is 2.26. The predicted molar refractivity (Wildman–Crippen MR) is 63.1 cm³/mol. The fraction of sp³-hybridized carbons (Fsp3) is 0.667. The van der Waals surface area contributed by atoms with Crippen LogP contribution in [0.5, 0.6) is 0 Å². The number of hydrogen-bond donors (Lipinski definition) is 1. The highest BCUT2D eigenvalue weighted by molar-refractivity contribution is 7.10. The normalized spacial score (nSPS) is 27.9. The maximum atomic E-state index is 3.50. The summed E-state index contributed by atoms with van der Waals surface area (Å²) in [5.41, 5.74) is 1.50. The summed E-state index contributed by atoms with van der Waals surface area (Å²) in [6.45, 7) is 6.96. The van der Waals surface area contributed by atoms with Crippen LogP contribution < -0.4 is 5.32 Å². The minimum Gasteiger partial charge on any atom is -0.316 e. The summed E-state index contributed by atoms with van der Waals surface area (Å²) in [7, 11) is 0. The van der Waals surface area contributed by atoms with Crippen molar-refractivity contribution in [3.63, 3.8) is 0 Å². The minimum atomic E-state index is 0.821. The van der Waals surface area contributed by atoms with E-state index in [1.807, 2.05) is 11.3 Å². The third-order valence-corrected chi connectivity index (χ3v) is 4.52. The van der Waals surface area contributed by atoms with Crippen LogP contribution in [0.4, 0.5) is 0 Å². The Balaban J connectivity index is 2.19. The number of rotatable bonds is 2. The lowest BCUT2D eigenvalue weighted by atomic mass is 9.82. The van der Waals surface area contributed by atoms with Crippen LogP contribution in [-0.2, 0) is 0 Å². The van der Waals surface area contributed by atoms with Crippen LogP contribution in [0.1, 0.15) is 36.1 Å². The molecular weight excluding hydrogens is 190 g/mol. The first-order chi connectivity index (χ1) is 6.83. The third kappa shape index (κ3) is 1.86. The van der Waals surface area contributed by atoms with Gasteiger partial charge in [-0.3, -0.25) is 0 Å². The van der Waals surface area contributed by atoms with Crippen molar-refractivity contribution in [2.75, 3.05) is 13.1 Å². The number of hydrogen-bond acceptors (Lipinski definition) is 2. The van der Waals surface area contributed by atoms with Gasteiger partial charge in [-0.2, -0.15) is 0 Å². The molecule has 2 rings (SSSR count). The van der Waals surface area contributed by atoms with Crippen molar-refractivity contribution in [2.45, 2.75) is 32.6 Å². The maximum Gasteiger partial charge on any atom is 0.0109 e. The molecule has 14 heavy (non-hydrogen) atoms. The molecule has 0 aliphatic carbocycles. The van der Waals surface area contributed by atoms with Gasteiger partial charge >= 0.3 is 0 Å². The molecule has 1 saturated heterocycles. The van der Waals surface area contributed by atoms with Gasteiger partial charge in [-0.1, -0.05) is 13.3 Å². The van der Waals surface area contributed by atoms with E-state index in [0.717, 1.165) is 11.8 Å². The summed E-state index contributed by atoms with van der Waals surface area (Å²) < 4.78 is 0. The molecule has 2 heteroatoms. The van der Waals surface area contributed by atoms with Crippen molar-refractivity contribution in [2.24, 2.45) is 5.92 Å². The second-order valence-electron chi connectivity index (χ2n) is 4.24. The molecule has 0 bridgehead atoms.